The number of aromatic nitrogens is 3. The third-order valence-electron chi connectivity index (χ3n) is 5.05. The van der Waals surface area contributed by atoms with Crippen molar-refractivity contribution in [3.05, 3.63) is 58.9 Å². The molecular weight excluding hydrogens is 434 g/mol. The molecule has 1 aromatic heterocycles. The van der Waals surface area contributed by atoms with Gasteiger partial charge in [0.15, 0.2) is 18.1 Å². The van der Waals surface area contributed by atoms with Crippen LogP contribution in [-0.2, 0) is 9.59 Å². The van der Waals surface area contributed by atoms with Crippen molar-refractivity contribution in [2.45, 2.75) is 26.3 Å². The van der Waals surface area contributed by atoms with Crippen LogP contribution in [0.5, 0.6) is 11.5 Å². The van der Waals surface area contributed by atoms with Gasteiger partial charge in [-0.1, -0.05) is 23.7 Å². The quantitative estimate of drug-likeness (QED) is 0.563. The van der Waals surface area contributed by atoms with Crippen LogP contribution in [0.2, 0.25) is 5.02 Å². The van der Waals surface area contributed by atoms with E-state index in [1.54, 1.807) is 35.0 Å². The van der Waals surface area contributed by atoms with Gasteiger partial charge in [0.2, 0.25) is 11.9 Å². The minimum Gasteiger partial charge on any atom is -0.490 e. The maximum absolute atomic E-state index is 12.4. The molecule has 2 N–H and O–H groups in total. The number of benzene rings is 2. The Balaban J connectivity index is 1.50. The van der Waals surface area contributed by atoms with E-state index < -0.39 is 0 Å². The van der Waals surface area contributed by atoms with Gasteiger partial charge in [0.1, 0.15) is 6.33 Å². The first-order valence-corrected chi connectivity index (χ1v) is 10.5. The van der Waals surface area contributed by atoms with Crippen molar-refractivity contribution in [1.82, 2.24) is 14.8 Å². The molecule has 32 heavy (non-hydrogen) atoms. The number of nitrogens with one attached hydrogen (secondary N) is 2. The maximum Gasteiger partial charge on any atom is 0.262 e. The molecule has 0 spiro atoms. The number of rotatable bonds is 7. The van der Waals surface area contributed by atoms with E-state index in [0.717, 1.165) is 11.1 Å². The van der Waals surface area contributed by atoms with Crippen molar-refractivity contribution >= 4 is 35.1 Å². The summed E-state index contributed by atoms with van der Waals surface area (Å²) in [6, 6.07) is 10.3. The van der Waals surface area contributed by atoms with Gasteiger partial charge in [-0.15, -0.1) is 0 Å². The number of hydrogen-bond donors (Lipinski definition) is 2. The van der Waals surface area contributed by atoms with Crippen molar-refractivity contribution in [1.29, 1.82) is 0 Å². The molecule has 0 bridgehead atoms. The monoisotopic (exact) mass is 455 g/mol. The molecule has 3 aromatic rings. The number of nitrogens with zero attached hydrogens (tertiary/aromatic N) is 3. The number of fused-ring (bicyclic) bond motifs is 1. The summed E-state index contributed by atoms with van der Waals surface area (Å²) in [5.74, 6) is 0.842. The second kappa shape index (κ2) is 9.27. The van der Waals surface area contributed by atoms with Gasteiger partial charge in [-0.05, 0) is 49.2 Å². The Kier molecular flexibility index (Phi) is 6.27. The molecule has 4 rings (SSSR count). The van der Waals surface area contributed by atoms with E-state index in [2.05, 4.69) is 20.7 Å². The summed E-state index contributed by atoms with van der Waals surface area (Å²) in [7, 11) is 0. The van der Waals surface area contributed by atoms with Crippen molar-refractivity contribution in [3.8, 4) is 11.5 Å². The van der Waals surface area contributed by atoms with E-state index in [1.165, 1.54) is 6.33 Å². The minimum atomic E-state index is -0.321. The molecule has 1 aliphatic rings. The second-order valence-corrected chi connectivity index (χ2v) is 7.59. The van der Waals surface area contributed by atoms with E-state index in [-0.39, 0.29) is 30.9 Å². The largest absolute Gasteiger partial charge is 0.490 e. The molecular formula is C22H22ClN5O4. The van der Waals surface area contributed by atoms with Crippen molar-refractivity contribution < 1.29 is 19.1 Å². The average Bonchev–Trinajstić information content (AvgIpc) is 3.24. The molecule has 2 heterocycles. The molecule has 0 fully saturated rings. The van der Waals surface area contributed by atoms with E-state index in [4.69, 9.17) is 21.1 Å². The topological polar surface area (TPSA) is 107 Å². The fourth-order valence-electron chi connectivity index (χ4n) is 3.46. The fourth-order valence-corrected chi connectivity index (χ4v) is 3.63. The summed E-state index contributed by atoms with van der Waals surface area (Å²) in [5, 5.41) is 10.3. The summed E-state index contributed by atoms with van der Waals surface area (Å²) in [6.07, 6.45) is 1.62. The van der Waals surface area contributed by atoms with E-state index >= 15 is 0 Å². The predicted molar refractivity (Wildman–Crippen MR) is 119 cm³/mol. The molecule has 2 amide bonds. The van der Waals surface area contributed by atoms with Crippen molar-refractivity contribution in [2.24, 2.45) is 0 Å². The average molecular weight is 456 g/mol. The van der Waals surface area contributed by atoms with Gasteiger partial charge in [-0.3, -0.25) is 14.9 Å². The fraction of sp³-hybridized carbons (Fsp3) is 0.273. The summed E-state index contributed by atoms with van der Waals surface area (Å²) in [6.45, 7) is 3.89. The third-order valence-corrected chi connectivity index (χ3v) is 5.46. The number of amides is 2. The number of carbonyl (C=O) groups excluding carboxylic acids is 2. The first-order chi connectivity index (χ1) is 15.5. The Morgan fingerprint density at radius 3 is 2.94 bits per heavy atom. The highest BCUT2D eigenvalue weighted by atomic mass is 35.5. The van der Waals surface area contributed by atoms with Crippen molar-refractivity contribution in [2.75, 3.05) is 23.8 Å². The van der Waals surface area contributed by atoms with Crippen molar-refractivity contribution in [3.63, 3.8) is 0 Å². The summed E-state index contributed by atoms with van der Waals surface area (Å²) < 4.78 is 13.1. The Labute approximate surface area is 189 Å². The maximum atomic E-state index is 12.4. The molecule has 0 aliphatic carbocycles. The minimum absolute atomic E-state index is 0.137. The molecule has 166 valence electrons. The van der Waals surface area contributed by atoms with Gasteiger partial charge in [0.05, 0.1) is 19.1 Å². The first kappa shape index (κ1) is 21.6. The lowest BCUT2D eigenvalue weighted by molar-refractivity contribution is -0.118. The standard InChI is InChI=1S/C22H22ClN5O4/c1-3-31-19-9-14(17-10-20(29)27-22-24-12-25-28(17)22)7-8-18(19)32-11-21(30)26-16-6-4-5-15(23)13(16)2/h4-9,12,17H,3,10-11H2,1-2H3,(H,26,30)(H,24,25,27,29)/t17-/m1/s1. The zero-order valence-electron chi connectivity index (χ0n) is 17.6. The summed E-state index contributed by atoms with van der Waals surface area (Å²) >= 11 is 6.10. The van der Waals surface area contributed by atoms with Gasteiger partial charge in [-0.25, -0.2) is 4.68 Å². The molecule has 0 radical (unpaired) electrons. The number of anilines is 2. The van der Waals surface area contributed by atoms with Gasteiger partial charge in [-0.2, -0.15) is 10.1 Å². The van der Waals surface area contributed by atoms with E-state index in [9.17, 15) is 9.59 Å². The zero-order chi connectivity index (χ0) is 22.7. The normalized spacial score (nSPS) is 15.0. The number of carbonyl (C=O) groups is 2. The molecule has 0 saturated carbocycles. The smallest absolute Gasteiger partial charge is 0.262 e. The van der Waals surface area contributed by atoms with Crippen LogP contribution in [0.25, 0.3) is 0 Å². The lowest BCUT2D eigenvalue weighted by Crippen LogP contribution is -2.29. The molecule has 0 unspecified atom stereocenters. The highest BCUT2D eigenvalue weighted by Crippen LogP contribution is 2.35. The second-order valence-electron chi connectivity index (χ2n) is 7.18. The first-order valence-electron chi connectivity index (χ1n) is 10.1. The Hall–Kier alpha value is -3.59. The lowest BCUT2D eigenvalue weighted by atomic mass is 10.0. The van der Waals surface area contributed by atoms with Crippen LogP contribution in [0.4, 0.5) is 11.6 Å². The summed E-state index contributed by atoms with van der Waals surface area (Å²) in [5.41, 5.74) is 2.23. The molecule has 9 nitrogen and oxygen atoms in total. The van der Waals surface area contributed by atoms with Crippen LogP contribution >= 0.6 is 11.6 Å². The van der Waals surface area contributed by atoms with Crippen LogP contribution in [0.3, 0.4) is 0 Å². The van der Waals surface area contributed by atoms with Crippen LogP contribution in [0, 0.1) is 6.92 Å². The predicted octanol–water partition coefficient (Wildman–Crippen LogP) is 3.59. The Bertz CT molecular complexity index is 1160. The number of halogens is 1. The van der Waals surface area contributed by atoms with Gasteiger partial charge >= 0.3 is 0 Å². The van der Waals surface area contributed by atoms with Crippen LogP contribution in [0.1, 0.15) is 30.5 Å². The molecule has 10 heteroatoms. The van der Waals surface area contributed by atoms with E-state index in [0.29, 0.717) is 34.8 Å². The van der Waals surface area contributed by atoms with Crippen LogP contribution in [-0.4, -0.2) is 39.8 Å². The molecule has 1 aliphatic heterocycles. The molecule has 2 aromatic carbocycles. The number of ether oxygens (including phenoxy) is 2. The van der Waals surface area contributed by atoms with Crippen LogP contribution in [0.15, 0.2) is 42.7 Å². The lowest BCUT2D eigenvalue weighted by Gasteiger charge is -2.24. The SMILES string of the molecule is CCOc1cc([C@H]2CC(=O)Nc3ncnn32)ccc1OCC(=O)Nc1cccc(Cl)c1C. The van der Waals surface area contributed by atoms with Gasteiger partial charge < -0.3 is 14.8 Å². The van der Waals surface area contributed by atoms with E-state index in [1.807, 2.05) is 19.9 Å². The van der Waals surface area contributed by atoms with Crippen LogP contribution < -0.4 is 20.1 Å². The Morgan fingerprint density at radius 2 is 2.12 bits per heavy atom. The van der Waals surface area contributed by atoms with Gasteiger partial charge in [0.25, 0.3) is 5.91 Å². The molecule has 0 saturated heterocycles. The summed E-state index contributed by atoms with van der Waals surface area (Å²) in [4.78, 5) is 28.5. The highest BCUT2D eigenvalue weighted by Gasteiger charge is 2.28. The van der Waals surface area contributed by atoms with Gasteiger partial charge in [0, 0.05) is 10.7 Å². The number of hydrogen-bond acceptors (Lipinski definition) is 6. The Morgan fingerprint density at radius 1 is 1.28 bits per heavy atom. The third kappa shape index (κ3) is 4.52. The molecule has 1 atom stereocenters. The highest BCUT2D eigenvalue weighted by molar-refractivity contribution is 6.31. The zero-order valence-corrected chi connectivity index (χ0v) is 18.3.